The lowest BCUT2D eigenvalue weighted by atomic mass is 10.2. The van der Waals surface area contributed by atoms with Crippen molar-refractivity contribution < 1.29 is 9.53 Å². The molecule has 0 saturated heterocycles. The Labute approximate surface area is 97.2 Å². The maximum absolute atomic E-state index is 12.0. The summed E-state index contributed by atoms with van der Waals surface area (Å²) in [6.45, 7) is 3.91. The highest BCUT2D eigenvalue weighted by Gasteiger charge is 2.21. The monoisotopic (exact) mass is 269 g/mol. The van der Waals surface area contributed by atoms with Crippen molar-refractivity contribution in [3.63, 3.8) is 0 Å². The molecule has 1 aliphatic rings. The number of amides is 1. The first-order valence-electron chi connectivity index (χ1n) is 4.94. The summed E-state index contributed by atoms with van der Waals surface area (Å²) in [5.74, 6) is 0.725. The largest absolute Gasteiger partial charge is 0.491 e. The number of nitrogens with zero attached hydrogens (tertiary/aromatic N) is 1. The zero-order valence-corrected chi connectivity index (χ0v) is 10.1. The SMILES string of the molecule is CCN1CCOc2cc(Br)ccc2C1=O. The van der Waals surface area contributed by atoms with Crippen LogP contribution in [-0.4, -0.2) is 30.5 Å². The van der Waals surface area contributed by atoms with E-state index in [2.05, 4.69) is 15.9 Å². The zero-order chi connectivity index (χ0) is 10.8. The van der Waals surface area contributed by atoms with E-state index < -0.39 is 0 Å². The van der Waals surface area contributed by atoms with Gasteiger partial charge in [0.1, 0.15) is 12.4 Å². The minimum atomic E-state index is 0.0532. The summed E-state index contributed by atoms with van der Waals surface area (Å²) >= 11 is 3.36. The summed E-state index contributed by atoms with van der Waals surface area (Å²) in [5, 5.41) is 0. The van der Waals surface area contributed by atoms with E-state index in [1.165, 1.54) is 0 Å². The van der Waals surface area contributed by atoms with E-state index >= 15 is 0 Å². The molecule has 4 heteroatoms. The third kappa shape index (κ3) is 2.00. The fraction of sp³-hybridized carbons (Fsp3) is 0.364. The second-order valence-electron chi connectivity index (χ2n) is 3.37. The number of carbonyl (C=O) groups excluding carboxylic acids is 1. The molecular formula is C11H12BrNO2. The van der Waals surface area contributed by atoms with Crippen molar-refractivity contribution in [3.05, 3.63) is 28.2 Å². The molecule has 1 aromatic rings. The number of fused-ring (bicyclic) bond motifs is 1. The van der Waals surface area contributed by atoms with Crippen LogP contribution in [-0.2, 0) is 0 Å². The van der Waals surface area contributed by atoms with Crippen molar-refractivity contribution in [2.24, 2.45) is 0 Å². The molecule has 3 nitrogen and oxygen atoms in total. The molecule has 1 aromatic carbocycles. The maximum atomic E-state index is 12.0. The Balaban J connectivity index is 2.42. The molecule has 1 aliphatic heterocycles. The highest BCUT2D eigenvalue weighted by atomic mass is 79.9. The standard InChI is InChI=1S/C11H12BrNO2/c1-2-13-5-6-15-10-7-8(12)3-4-9(10)11(13)14/h3-4,7H,2,5-6H2,1H3. The fourth-order valence-corrected chi connectivity index (χ4v) is 1.97. The van der Waals surface area contributed by atoms with Gasteiger partial charge >= 0.3 is 0 Å². The van der Waals surface area contributed by atoms with E-state index in [1.807, 2.05) is 19.1 Å². The molecule has 15 heavy (non-hydrogen) atoms. The maximum Gasteiger partial charge on any atom is 0.257 e. The van der Waals surface area contributed by atoms with E-state index in [0.29, 0.717) is 24.5 Å². The van der Waals surface area contributed by atoms with E-state index in [9.17, 15) is 4.79 Å². The average molecular weight is 270 g/mol. The Kier molecular flexibility index (Phi) is 2.95. The van der Waals surface area contributed by atoms with Gasteiger partial charge in [0, 0.05) is 11.0 Å². The molecule has 0 aromatic heterocycles. The third-order valence-corrected chi connectivity index (χ3v) is 2.96. The van der Waals surface area contributed by atoms with Crippen LogP contribution in [0.1, 0.15) is 17.3 Å². The molecule has 0 unspecified atom stereocenters. The fourth-order valence-electron chi connectivity index (χ4n) is 1.63. The zero-order valence-electron chi connectivity index (χ0n) is 8.50. The number of carbonyl (C=O) groups is 1. The molecule has 0 bridgehead atoms. The Morgan fingerprint density at radius 3 is 3.07 bits per heavy atom. The molecule has 0 atom stereocenters. The van der Waals surface area contributed by atoms with Crippen molar-refractivity contribution in [3.8, 4) is 5.75 Å². The van der Waals surface area contributed by atoms with Crippen LogP contribution in [0.3, 0.4) is 0 Å². The van der Waals surface area contributed by atoms with Gasteiger partial charge in [0.25, 0.3) is 5.91 Å². The van der Waals surface area contributed by atoms with Crippen LogP contribution in [0.15, 0.2) is 22.7 Å². The van der Waals surface area contributed by atoms with Gasteiger partial charge < -0.3 is 9.64 Å². The van der Waals surface area contributed by atoms with Gasteiger partial charge in [-0.25, -0.2) is 0 Å². The molecule has 0 aliphatic carbocycles. The van der Waals surface area contributed by atoms with Gasteiger partial charge in [-0.15, -0.1) is 0 Å². The highest BCUT2D eigenvalue weighted by molar-refractivity contribution is 9.10. The lowest BCUT2D eigenvalue weighted by Crippen LogP contribution is -2.31. The van der Waals surface area contributed by atoms with E-state index in [1.54, 1.807) is 11.0 Å². The molecule has 1 amide bonds. The Hall–Kier alpha value is -1.03. The normalized spacial score (nSPS) is 15.6. The lowest BCUT2D eigenvalue weighted by molar-refractivity contribution is 0.0765. The number of benzene rings is 1. The van der Waals surface area contributed by atoms with Crippen molar-refractivity contribution >= 4 is 21.8 Å². The molecule has 0 spiro atoms. The summed E-state index contributed by atoms with van der Waals surface area (Å²) in [4.78, 5) is 13.8. The van der Waals surface area contributed by atoms with E-state index in [0.717, 1.165) is 11.0 Å². The first kappa shape index (κ1) is 10.5. The minimum absolute atomic E-state index is 0.0532. The van der Waals surface area contributed by atoms with Gasteiger partial charge in [0.2, 0.25) is 0 Å². The smallest absolute Gasteiger partial charge is 0.257 e. The number of hydrogen-bond donors (Lipinski definition) is 0. The molecule has 1 heterocycles. The first-order valence-corrected chi connectivity index (χ1v) is 5.73. The lowest BCUT2D eigenvalue weighted by Gasteiger charge is -2.16. The van der Waals surface area contributed by atoms with Gasteiger partial charge in [-0.1, -0.05) is 15.9 Å². The Morgan fingerprint density at radius 1 is 1.53 bits per heavy atom. The summed E-state index contributed by atoms with van der Waals surface area (Å²) < 4.78 is 6.47. The van der Waals surface area contributed by atoms with E-state index in [4.69, 9.17) is 4.74 Å². The van der Waals surface area contributed by atoms with Crippen molar-refractivity contribution in [1.29, 1.82) is 0 Å². The number of ether oxygens (including phenoxy) is 1. The van der Waals surface area contributed by atoms with Crippen LogP contribution in [0.25, 0.3) is 0 Å². The van der Waals surface area contributed by atoms with Crippen LogP contribution < -0.4 is 4.74 Å². The van der Waals surface area contributed by atoms with Crippen LogP contribution in [0.5, 0.6) is 5.75 Å². The van der Waals surface area contributed by atoms with Crippen LogP contribution >= 0.6 is 15.9 Å². The van der Waals surface area contributed by atoms with Gasteiger partial charge in [-0.05, 0) is 25.1 Å². The molecule has 0 radical (unpaired) electrons. The summed E-state index contributed by atoms with van der Waals surface area (Å²) in [5.41, 5.74) is 0.651. The summed E-state index contributed by atoms with van der Waals surface area (Å²) in [6, 6.07) is 5.50. The Morgan fingerprint density at radius 2 is 2.33 bits per heavy atom. The Bertz CT molecular complexity index is 392. The summed E-state index contributed by atoms with van der Waals surface area (Å²) in [6.07, 6.45) is 0. The molecule has 2 rings (SSSR count). The molecule has 80 valence electrons. The summed E-state index contributed by atoms with van der Waals surface area (Å²) in [7, 11) is 0. The second kappa shape index (κ2) is 4.23. The third-order valence-electron chi connectivity index (χ3n) is 2.46. The quantitative estimate of drug-likeness (QED) is 0.783. The average Bonchev–Trinajstić information content (AvgIpc) is 2.37. The first-order chi connectivity index (χ1) is 7.22. The number of halogens is 1. The number of rotatable bonds is 1. The minimum Gasteiger partial charge on any atom is -0.491 e. The van der Waals surface area contributed by atoms with Crippen molar-refractivity contribution in [2.75, 3.05) is 19.7 Å². The van der Waals surface area contributed by atoms with E-state index in [-0.39, 0.29) is 5.91 Å². The second-order valence-corrected chi connectivity index (χ2v) is 4.29. The predicted molar refractivity (Wildman–Crippen MR) is 61.2 cm³/mol. The molecule has 0 saturated carbocycles. The van der Waals surface area contributed by atoms with Gasteiger partial charge in [-0.2, -0.15) is 0 Å². The number of hydrogen-bond acceptors (Lipinski definition) is 2. The van der Waals surface area contributed by atoms with Crippen molar-refractivity contribution in [2.45, 2.75) is 6.92 Å². The van der Waals surface area contributed by atoms with Gasteiger partial charge in [0.15, 0.2) is 0 Å². The van der Waals surface area contributed by atoms with Gasteiger partial charge in [-0.3, -0.25) is 4.79 Å². The van der Waals surface area contributed by atoms with Crippen LogP contribution in [0, 0.1) is 0 Å². The van der Waals surface area contributed by atoms with Crippen molar-refractivity contribution in [1.82, 2.24) is 4.90 Å². The highest BCUT2D eigenvalue weighted by Crippen LogP contribution is 2.26. The van der Waals surface area contributed by atoms with Crippen LogP contribution in [0.4, 0.5) is 0 Å². The predicted octanol–water partition coefficient (Wildman–Crippen LogP) is 2.30. The van der Waals surface area contributed by atoms with Gasteiger partial charge in [0.05, 0.1) is 12.1 Å². The molecule has 0 fully saturated rings. The molecular weight excluding hydrogens is 258 g/mol. The molecule has 0 N–H and O–H groups in total. The topological polar surface area (TPSA) is 29.5 Å². The number of likely N-dealkylation sites (N-methyl/N-ethyl adjacent to an activating group) is 1. The van der Waals surface area contributed by atoms with Crippen LogP contribution in [0.2, 0.25) is 0 Å².